The van der Waals surface area contributed by atoms with Crippen molar-refractivity contribution in [3.63, 3.8) is 0 Å². The Hall–Kier alpha value is -1.45. The molecule has 1 fully saturated rings. The predicted molar refractivity (Wildman–Crippen MR) is 125 cm³/mol. The Morgan fingerprint density at radius 2 is 1.94 bits per heavy atom. The molecule has 0 saturated carbocycles. The molecule has 1 saturated heterocycles. The van der Waals surface area contributed by atoms with Crippen molar-refractivity contribution in [2.45, 2.75) is 56.3 Å². The van der Waals surface area contributed by atoms with Crippen LogP contribution >= 0.6 is 23.7 Å². The number of carbonyl (C=O) groups excluding carboxylic acids is 1. The Balaban J connectivity index is 0.00000272. The van der Waals surface area contributed by atoms with E-state index in [1.54, 1.807) is 42.5 Å². The number of amides is 1. The van der Waals surface area contributed by atoms with Gasteiger partial charge in [0, 0.05) is 11.4 Å². The van der Waals surface area contributed by atoms with Crippen molar-refractivity contribution >= 4 is 39.5 Å². The van der Waals surface area contributed by atoms with E-state index in [9.17, 15) is 13.2 Å². The molecule has 1 amide bonds. The van der Waals surface area contributed by atoms with Gasteiger partial charge in [0.15, 0.2) is 9.84 Å². The van der Waals surface area contributed by atoms with Gasteiger partial charge in [-0.1, -0.05) is 19.1 Å². The van der Waals surface area contributed by atoms with Gasteiger partial charge in [0.2, 0.25) is 0 Å². The smallest absolute Gasteiger partial charge is 0.261 e. The first-order valence-corrected chi connectivity index (χ1v) is 12.9. The van der Waals surface area contributed by atoms with Crippen LogP contribution in [0.2, 0.25) is 0 Å². The first kappa shape index (κ1) is 24.2. The zero-order valence-electron chi connectivity index (χ0n) is 17.8. The van der Waals surface area contributed by atoms with Crippen molar-refractivity contribution in [3.05, 3.63) is 51.2 Å². The van der Waals surface area contributed by atoms with E-state index in [1.165, 1.54) is 10.4 Å². The van der Waals surface area contributed by atoms with Crippen LogP contribution in [0.25, 0.3) is 0 Å². The highest BCUT2D eigenvalue weighted by atomic mass is 35.5. The number of piperidine rings is 1. The maximum atomic E-state index is 12.8. The first-order chi connectivity index (χ1) is 14.3. The van der Waals surface area contributed by atoms with Crippen LogP contribution in [0.1, 0.15) is 52.4 Å². The summed E-state index contributed by atoms with van der Waals surface area (Å²) >= 11 is 1.55. The topological polar surface area (TPSA) is 84.5 Å². The number of benzene rings is 1. The molecule has 1 aromatic carbocycles. The Labute approximate surface area is 194 Å². The molecule has 170 valence electrons. The number of thiophene rings is 1. The van der Waals surface area contributed by atoms with E-state index >= 15 is 0 Å². The van der Waals surface area contributed by atoms with Crippen molar-refractivity contribution in [1.82, 2.24) is 10.6 Å². The first-order valence-electron chi connectivity index (χ1n) is 10.4. The molecule has 1 atom stereocenters. The van der Waals surface area contributed by atoms with Gasteiger partial charge in [0.05, 0.1) is 21.6 Å². The molecule has 2 aliphatic heterocycles. The Morgan fingerprint density at radius 3 is 2.58 bits per heavy atom. The molecule has 2 aliphatic rings. The van der Waals surface area contributed by atoms with Crippen molar-refractivity contribution in [1.29, 1.82) is 0 Å². The highest BCUT2D eigenvalue weighted by Gasteiger charge is 2.43. The lowest BCUT2D eigenvalue weighted by Gasteiger charge is -2.43. The summed E-state index contributed by atoms with van der Waals surface area (Å²) in [6.45, 7) is 5.94. The van der Waals surface area contributed by atoms with E-state index in [-0.39, 0.29) is 35.8 Å². The molecule has 0 radical (unpaired) electrons. The molecule has 1 unspecified atom stereocenters. The molecule has 1 aromatic heterocycles. The normalized spacial score (nSPS) is 20.0. The van der Waals surface area contributed by atoms with E-state index < -0.39 is 9.84 Å². The highest BCUT2D eigenvalue weighted by molar-refractivity contribution is 7.91. The van der Waals surface area contributed by atoms with Crippen molar-refractivity contribution < 1.29 is 17.9 Å². The van der Waals surface area contributed by atoms with Gasteiger partial charge in [-0.15, -0.1) is 23.7 Å². The molecule has 0 bridgehead atoms. The third-order valence-electron chi connectivity index (χ3n) is 5.91. The number of fused-ring (bicyclic) bond motifs is 2. The van der Waals surface area contributed by atoms with Gasteiger partial charge in [-0.05, 0) is 68.6 Å². The van der Waals surface area contributed by atoms with E-state index in [2.05, 4.69) is 17.6 Å². The van der Waals surface area contributed by atoms with Gasteiger partial charge in [0.25, 0.3) is 5.91 Å². The third-order valence-corrected chi connectivity index (χ3v) is 9.02. The van der Waals surface area contributed by atoms with Crippen LogP contribution in [0.5, 0.6) is 0 Å². The zero-order chi connectivity index (χ0) is 21.4. The largest absolute Gasteiger partial charge is 0.366 e. The van der Waals surface area contributed by atoms with Crippen LogP contribution in [0.3, 0.4) is 0 Å². The maximum Gasteiger partial charge on any atom is 0.261 e. The van der Waals surface area contributed by atoms with E-state index in [4.69, 9.17) is 4.74 Å². The average molecular weight is 485 g/mol. The summed E-state index contributed by atoms with van der Waals surface area (Å²) in [5.74, 6) is -0.0252. The van der Waals surface area contributed by atoms with Gasteiger partial charge >= 0.3 is 0 Å². The molecule has 4 rings (SSSR count). The molecular formula is C22H29ClN2O4S2. The molecule has 2 N–H and O–H groups in total. The van der Waals surface area contributed by atoms with Gasteiger partial charge in [0.1, 0.15) is 5.60 Å². The number of nitrogens with one attached hydrogen (secondary N) is 2. The number of carbonyl (C=O) groups is 1. The summed E-state index contributed by atoms with van der Waals surface area (Å²) in [6, 6.07) is 8.73. The summed E-state index contributed by atoms with van der Waals surface area (Å²) < 4.78 is 30.3. The van der Waals surface area contributed by atoms with Crippen LogP contribution < -0.4 is 10.6 Å². The minimum atomic E-state index is -3.21. The Bertz CT molecular complexity index is 1030. The average Bonchev–Trinajstić information content (AvgIpc) is 3.18. The molecular weight excluding hydrogens is 456 g/mol. The molecule has 3 heterocycles. The second-order valence-electron chi connectivity index (χ2n) is 8.07. The second kappa shape index (κ2) is 9.58. The molecule has 2 aromatic rings. The molecule has 6 nitrogen and oxygen atoms in total. The molecule has 9 heteroatoms. The predicted octanol–water partition coefficient (Wildman–Crippen LogP) is 3.43. The van der Waals surface area contributed by atoms with Gasteiger partial charge in [-0.3, -0.25) is 4.79 Å². The summed E-state index contributed by atoms with van der Waals surface area (Å²) in [7, 11) is -3.21. The quantitative estimate of drug-likeness (QED) is 0.679. The second-order valence-corrected chi connectivity index (χ2v) is 11.4. The Morgan fingerprint density at radius 1 is 1.26 bits per heavy atom. The van der Waals surface area contributed by atoms with Crippen LogP contribution in [0.15, 0.2) is 35.2 Å². The van der Waals surface area contributed by atoms with Crippen molar-refractivity contribution in [3.8, 4) is 0 Å². The molecule has 0 aliphatic carbocycles. The van der Waals surface area contributed by atoms with Crippen molar-refractivity contribution in [2.75, 3.05) is 18.8 Å². The number of sulfone groups is 1. The van der Waals surface area contributed by atoms with Gasteiger partial charge in [-0.25, -0.2) is 8.42 Å². The summed E-state index contributed by atoms with van der Waals surface area (Å²) in [5, 5.41) is 6.36. The standard InChI is InChI=1S/C22H28N2O4S2.ClH/c1-3-30(26,27)18-6-4-16(5-7-18)14-24-21(25)19-13-17-12-15(2)28-22(20(17)29-19)8-10-23-11-9-22;/h4-7,13,15,23H,3,8-12,14H2,1-2H3,(H,24,25);1H. The fourth-order valence-corrected chi connectivity index (χ4v) is 6.48. The van der Waals surface area contributed by atoms with Crippen LogP contribution in [-0.4, -0.2) is 39.3 Å². The minimum absolute atomic E-state index is 0. The monoisotopic (exact) mass is 484 g/mol. The van der Waals surface area contributed by atoms with Crippen LogP contribution in [0, 0.1) is 0 Å². The lowest BCUT2D eigenvalue weighted by molar-refractivity contribution is -0.117. The fourth-order valence-electron chi connectivity index (χ4n) is 4.29. The fraction of sp³-hybridized carbons (Fsp3) is 0.500. The lowest BCUT2D eigenvalue weighted by atomic mass is 9.84. The van der Waals surface area contributed by atoms with Gasteiger partial charge < -0.3 is 15.4 Å². The highest BCUT2D eigenvalue weighted by Crippen LogP contribution is 2.46. The molecule has 31 heavy (non-hydrogen) atoms. The zero-order valence-corrected chi connectivity index (χ0v) is 20.2. The number of ether oxygens (including phenoxy) is 1. The van der Waals surface area contributed by atoms with Crippen LogP contribution in [0.4, 0.5) is 0 Å². The number of hydrogen-bond donors (Lipinski definition) is 2. The van der Waals surface area contributed by atoms with E-state index in [0.29, 0.717) is 16.3 Å². The number of hydrogen-bond acceptors (Lipinski definition) is 6. The number of rotatable bonds is 5. The SMILES string of the molecule is CCS(=O)(=O)c1ccc(CNC(=O)c2cc3c(s2)C2(CCNCC2)OC(C)C3)cc1.Cl. The summed E-state index contributed by atoms with van der Waals surface area (Å²) in [6.07, 6.45) is 2.85. The minimum Gasteiger partial charge on any atom is -0.366 e. The third kappa shape index (κ3) is 4.98. The summed E-state index contributed by atoms with van der Waals surface area (Å²) in [4.78, 5) is 15.0. The Kier molecular flexibility index (Phi) is 7.48. The molecule has 1 spiro atoms. The lowest BCUT2D eigenvalue weighted by Crippen LogP contribution is -2.46. The van der Waals surface area contributed by atoms with Crippen LogP contribution in [-0.2, 0) is 33.1 Å². The van der Waals surface area contributed by atoms with Gasteiger partial charge in [-0.2, -0.15) is 0 Å². The maximum absolute atomic E-state index is 12.8. The van der Waals surface area contributed by atoms with E-state index in [1.807, 2.05) is 6.07 Å². The van der Waals surface area contributed by atoms with E-state index in [0.717, 1.165) is 37.9 Å². The summed E-state index contributed by atoms with van der Waals surface area (Å²) in [5.41, 5.74) is 1.84. The van der Waals surface area contributed by atoms with Crippen molar-refractivity contribution in [2.24, 2.45) is 0 Å². The number of halogens is 1.